The Morgan fingerprint density at radius 1 is 0.971 bits per heavy atom. The zero-order chi connectivity index (χ0) is 25.5. The molecule has 0 aromatic heterocycles. The van der Waals surface area contributed by atoms with Crippen LogP contribution in [0.15, 0.2) is 24.3 Å². The molecule has 1 rings (SSSR count). The first-order valence-electron chi connectivity index (χ1n) is 12.6. The first-order chi connectivity index (χ1) is 16.1. The number of carbonyl (C=O) groups excluding carboxylic acids is 3. The lowest BCUT2D eigenvalue weighted by atomic mass is 9.60. The van der Waals surface area contributed by atoms with Crippen LogP contribution in [0.1, 0.15) is 86.0 Å². The average Bonchev–Trinajstić information content (AvgIpc) is 2.73. The van der Waals surface area contributed by atoms with Crippen molar-refractivity contribution in [1.29, 1.82) is 0 Å². The molecular formula is C27H45NO6. The highest BCUT2D eigenvalue weighted by atomic mass is 16.6. The summed E-state index contributed by atoms with van der Waals surface area (Å²) in [6.45, 7) is 11.7. The van der Waals surface area contributed by atoms with E-state index in [0.717, 1.165) is 32.1 Å². The molecule has 0 bridgehead atoms. The highest BCUT2D eigenvalue weighted by Gasteiger charge is 2.42. The maximum atomic E-state index is 12.4. The van der Waals surface area contributed by atoms with E-state index in [1.165, 1.54) is 0 Å². The number of alkyl carbamates (subject to hydrolysis) is 1. The number of hydrogen-bond donors (Lipinski definition) is 1. The molecule has 0 radical (unpaired) electrons. The lowest BCUT2D eigenvalue weighted by molar-refractivity contribution is -0.147. The van der Waals surface area contributed by atoms with Gasteiger partial charge in [0.15, 0.2) is 0 Å². The van der Waals surface area contributed by atoms with E-state index < -0.39 is 6.09 Å². The fraction of sp³-hybridized carbons (Fsp3) is 0.741. The highest BCUT2D eigenvalue weighted by Crippen LogP contribution is 2.49. The van der Waals surface area contributed by atoms with Gasteiger partial charge in [-0.25, -0.2) is 4.79 Å². The summed E-state index contributed by atoms with van der Waals surface area (Å²) in [6.07, 6.45) is 13.1. The van der Waals surface area contributed by atoms with Crippen molar-refractivity contribution in [1.82, 2.24) is 5.32 Å². The SMILES string of the molecule is C/C=C\C=C/CCCC(=O)OCCCOC(=O)CC1CC(C)(C)CC(C)(CNC(=O)OCC)C1. The Balaban J connectivity index is 2.29. The van der Waals surface area contributed by atoms with E-state index in [1.807, 2.05) is 31.2 Å². The standard InChI is InChI=1S/C27H45NO6/c1-6-8-9-10-11-12-14-23(29)33-15-13-16-34-24(30)17-22-18-26(3,4)20-27(5,19-22)21-28-25(31)32-7-2/h6,8-10,22H,7,11-21H2,1-5H3,(H,28,31)/b8-6-,10-9-. The number of amides is 1. The molecular weight excluding hydrogens is 434 g/mol. The Bertz CT molecular complexity index is 699. The van der Waals surface area contributed by atoms with Crippen molar-refractivity contribution in [3.05, 3.63) is 24.3 Å². The lowest BCUT2D eigenvalue weighted by Crippen LogP contribution is -2.44. The molecule has 0 aliphatic heterocycles. The Kier molecular flexibility index (Phi) is 13.6. The van der Waals surface area contributed by atoms with Crippen LogP contribution in [0.3, 0.4) is 0 Å². The fourth-order valence-corrected chi connectivity index (χ4v) is 5.04. The second kappa shape index (κ2) is 15.6. The van der Waals surface area contributed by atoms with E-state index in [9.17, 15) is 14.4 Å². The van der Waals surface area contributed by atoms with Crippen molar-refractivity contribution >= 4 is 18.0 Å². The average molecular weight is 480 g/mol. The van der Waals surface area contributed by atoms with Crippen LogP contribution in [0.5, 0.6) is 0 Å². The van der Waals surface area contributed by atoms with Gasteiger partial charge in [-0.2, -0.15) is 0 Å². The van der Waals surface area contributed by atoms with Gasteiger partial charge >= 0.3 is 18.0 Å². The second-order valence-corrected chi connectivity index (χ2v) is 10.3. The number of nitrogens with one attached hydrogen (secondary N) is 1. The zero-order valence-electron chi connectivity index (χ0n) is 21.8. The summed E-state index contributed by atoms with van der Waals surface area (Å²) in [4.78, 5) is 35.9. The van der Waals surface area contributed by atoms with Crippen molar-refractivity contribution in [2.45, 2.75) is 86.0 Å². The minimum atomic E-state index is -0.398. The fourth-order valence-electron chi connectivity index (χ4n) is 5.04. The number of rotatable bonds is 14. The van der Waals surface area contributed by atoms with Crippen molar-refractivity contribution in [3.63, 3.8) is 0 Å². The number of hydrogen-bond acceptors (Lipinski definition) is 6. The zero-order valence-corrected chi connectivity index (χ0v) is 21.8. The summed E-state index contributed by atoms with van der Waals surface area (Å²) in [5.74, 6) is -0.238. The molecule has 1 saturated carbocycles. The molecule has 34 heavy (non-hydrogen) atoms. The largest absolute Gasteiger partial charge is 0.466 e. The summed E-state index contributed by atoms with van der Waals surface area (Å²) in [6, 6.07) is 0. The normalized spacial score (nSPS) is 22.0. The smallest absolute Gasteiger partial charge is 0.407 e. The Hall–Kier alpha value is -2.31. The number of carbonyl (C=O) groups is 3. The van der Waals surface area contributed by atoms with Gasteiger partial charge < -0.3 is 19.5 Å². The third-order valence-corrected chi connectivity index (χ3v) is 5.92. The molecule has 0 heterocycles. The van der Waals surface area contributed by atoms with Gasteiger partial charge in [-0.15, -0.1) is 0 Å². The third kappa shape index (κ3) is 13.4. The number of ether oxygens (including phenoxy) is 3. The third-order valence-electron chi connectivity index (χ3n) is 5.92. The Labute approximate surface area is 205 Å². The van der Waals surface area contributed by atoms with Crippen LogP contribution in [0.4, 0.5) is 4.79 Å². The molecule has 194 valence electrons. The van der Waals surface area contributed by atoms with Crippen LogP contribution in [-0.4, -0.2) is 44.4 Å². The van der Waals surface area contributed by atoms with Crippen LogP contribution in [0.2, 0.25) is 0 Å². The number of allylic oxidation sites excluding steroid dienone is 4. The molecule has 1 aliphatic rings. The van der Waals surface area contributed by atoms with E-state index in [4.69, 9.17) is 14.2 Å². The molecule has 1 amide bonds. The van der Waals surface area contributed by atoms with Crippen molar-refractivity contribution in [2.75, 3.05) is 26.4 Å². The Morgan fingerprint density at radius 3 is 2.35 bits per heavy atom. The van der Waals surface area contributed by atoms with Gasteiger partial charge in [0.1, 0.15) is 0 Å². The summed E-state index contributed by atoms with van der Waals surface area (Å²) in [5.41, 5.74) is -0.0267. The Morgan fingerprint density at radius 2 is 1.68 bits per heavy atom. The van der Waals surface area contributed by atoms with E-state index in [2.05, 4.69) is 26.1 Å². The van der Waals surface area contributed by atoms with Gasteiger partial charge in [-0.05, 0) is 62.7 Å². The van der Waals surface area contributed by atoms with Crippen LogP contribution < -0.4 is 5.32 Å². The lowest BCUT2D eigenvalue weighted by Gasteiger charge is -2.46. The van der Waals surface area contributed by atoms with E-state index in [0.29, 0.717) is 32.4 Å². The molecule has 0 saturated heterocycles. The first-order valence-corrected chi connectivity index (χ1v) is 12.6. The monoisotopic (exact) mass is 479 g/mol. The first kappa shape index (κ1) is 29.7. The van der Waals surface area contributed by atoms with Gasteiger partial charge in [0.25, 0.3) is 0 Å². The molecule has 1 fully saturated rings. The van der Waals surface area contributed by atoms with Crippen LogP contribution in [-0.2, 0) is 23.8 Å². The van der Waals surface area contributed by atoms with Crippen molar-refractivity contribution < 1.29 is 28.6 Å². The van der Waals surface area contributed by atoms with Gasteiger partial charge in [0.05, 0.1) is 19.8 Å². The van der Waals surface area contributed by atoms with Crippen LogP contribution in [0.25, 0.3) is 0 Å². The maximum Gasteiger partial charge on any atom is 0.407 e. The molecule has 0 aromatic rings. The highest BCUT2D eigenvalue weighted by molar-refractivity contribution is 5.70. The molecule has 1 aliphatic carbocycles. The predicted molar refractivity (Wildman–Crippen MR) is 133 cm³/mol. The minimum Gasteiger partial charge on any atom is -0.466 e. The topological polar surface area (TPSA) is 90.9 Å². The summed E-state index contributed by atoms with van der Waals surface area (Å²) < 4.78 is 15.6. The summed E-state index contributed by atoms with van der Waals surface area (Å²) in [7, 11) is 0. The van der Waals surface area contributed by atoms with Gasteiger partial charge in [0.2, 0.25) is 0 Å². The number of unbranched alkanes of at least 4 members (excludes halogenated alkanes) is 1. The van der Waals surface area contributed by atoms with Gasteiger partial charge in [-0.1, -0.05) is 45.1 Å². The van der Waals surface area contributed by atoms with Gasteiger partial charge in [-0.3, -0.25) is 9.59 Å². The van der Waals surface area contributed by atoms with Gasteiger partial charge in [0, 0.05) is 25.8 Å². The quantitative estimate of drug-likeness (QED) is 0.148. The molecule has 0 spiro atoms. The molecule has 2 atom stereocenters. The van der Waals surface area contributed by atoms with Crippen molar-refractivity contribution in [2.24, 2.45) is 16.7 Å². The molecule has 0 aromatic carbocycles. The van der Waals surface area contributed by atoms with E-state index >= 15 is 0 Å². The molecule has 2 unspecified atom stereocenters. The van der Waals surface area contributed by atoms with Crippen molar-refractivity contribution in [3.8, 4) is 0 Å². The minimum absolute atomic E-state index is 0.0744. The molecule has 7 nitrogen and oxygen atoms in total. The molecule has 1 N–H and O–H groups in total. The molecule has 7 heteroatoms. The van der Waals surface area contributed by atoms with E-state index in [-0.39, 0.29) is 41.9 Å². The van der Waals surface area contributed by atoms with Crippen LogP contribution >= 0.6 is 0 Å². The number of esters is 2. The summed E-state index contributed by atoms with van der Waals surface area (Å²) >= 11 is 0. The maximum absolute atomic E-state index is 12.4. The van der Waals surface area contributed by atoms with E-state index in [1.54, 1.807) is 6.92 Å². The second-order valence-electron chi connectivity index (χ2n) is 10.3. The summed E-state index contributed by atoms with van der Waals surface area (Å²) in [5, 5.41) is 2.86. The van der Waals surface area contributed by atoms with Crippen LogP contribution in [0, 0.1) is 16.7 Å². The predicted octanol–water partition coefficient (Wildman–Crippen LogP) is 5.73.